The third-order valence-corrected chi connectivity index (χ3v) is 5.06. The van der Waals surface area contributed by atoms with E-state index in [1.165, 1.54) is 17.6 Å². The first kappa shape index (κ1) is 17.2. The van der Waals surface area contributed by atoms with Crippen LogP contribution < -0.4 is 20.1 Å². The molecule has 3 heterocycles. The molecule has 1 aromatic carbocycles. The maximum Gasteiger partial charge on any atom is 0.291 e. The number of hydrogen-bond acceptors (Lipinski definition) is 6. The molecule has 0 saturated heterocycles. The molecule has 1 aliphatic rings. The number of ether oxygens (including phenoxy) is 2. The first-order chi connectivity index (χ1) is 13.1. The molecule has 4 rings (SSSR count). The van der Waals surface area contributed by atoms with E-state index in [-0.39, 0.29) is 17.6 Å². The lowest BCUT2D eigenvalue weighted by molar-refractivity contribution is 0.0995. The topological polar surface area (TPSA) is 89.8 Å². The normalized spacial score (nSPS) is 12.5. The van der Waals surface area contributed by atoms with Gasteiger partial charge in [0.05, 0.1) is 16.1 Å². The number of hydrogen-bond donors (Lipinski definition) is 2. The van der Waals surface area contributed by atoms with Crippen molar-refractivity contribution in [1.29, 1.82) is 0 Å². The van der Waals surface area contributed by atoms with Gasteiger partial charge in [-0.3, -0.25) is 9.59 Å². The Kier molecular flexibility index (Phi) is 4.55. The maximum atomic E-state index is 12.6. The van der Waals surface area contributed by atoms with E-state index >= 15 is 0 Å². The van der Waals surface area contributed by atoms with Crippen molar-refractivity contribution in [2.24, 2.45) is 0 Å². The highest BCUT2D eigenvalue weighted by atomic mass is 32.1. The zero-order valence-electron chi connectivity index (χ0n) is 14.4. The molecule has 1 aliphatic heterocycles. The molecule has 0 spiro atoms. The van der Waals surface area contributed by atoms with Gasteiger partial charge in [-0.15, -0.1) is 11.3 Å². The van der Waals surface area contributed by atoms with Gasteiger partial charge in [0.25, 0.3) is 11.8 Å². The highest BCUT2D eigenvalue weighted by Gasteiger charge is 2.18. The number of thiophene rings is 1. The van der Waals surface area contributed by atoms with Crippen LogP contribution in [0.15, 0.2) is 47.1 Å². The van der Waals surface area contributed by atoms with Crippen molar-refractivity contribution in [3.8, 4) is 11.5 Å². The first-order valence-electron chi connectivity index (χ1n) is 8.26. The van der Waals surface area contributed by atoms with Crippen LogP contribution in [0.4, 0.5) is 10.7 Å². The van der Waals surface area contributed by atoms with E-state index in [0.29, 0.717) is 40.3 Å². The van der Waals surface area contributed by atoms with Gasteiger partial charge in [0.2, 0.25) is 0 Å². The van der Waals surface area contributed by atoms with Crippen molar-refractivity contribution < 1.29 is 23.5 Å². The van der Waals surface area contributed by atoms with Gasteiger partial charge >= 0.3 is 0 Å². The van der Waals surface area contributed by atoms with Crippen molar-refractivity contribution in [3.63, 3.8) is 0 Å². The Bertz CT molecular complexity index is 994. The van der Waals surface area contributed by atoms with E-state index in [1.807, 2.05) is 6.92 Å². The van der Waals surface area contributed by atoms with Gasteiger partial charge in [0.15, 0.2) is 17.3 Å². The largest absolute Gasteiger partial charge is 0.486 e. The van der Waals surface area contributed by atoms with Crippen LogP contribution >= 0.6 is 11.3 Å². The Hall–Kier alpha value is -3.26. The molecule has 0 fully saturated rings. The summed E-state index contributed by atoms with van der Waals surface area (Å²) in [6, 6.07) is 10.2. The number of rotatable bonds is 4. The smallest absolute Gasteiger partial charge is 0.291 e. The number of anilines is 2. The number of benzene rings is 1. The van der Waals surface area contributed by atoms with Crippen LogP contribution in [0.1, 0.15) is 25.8 Å². The van der Waals surface area contributed by atoms with Crippen molar-refractivity contribution in [2.45, 2.75) is 6.92 Å². The van der Waals surface area contributed by atoms with Crippen LogP contribution in [-0.2, 0) is 0 Å². The minimum atomic E-state index is -0.361. The van der Waals surface area contributed by atoms with Crippen LogP contribution in [0.25, 0.3) is 0 Å². The monoisotopic (exact) mass is 384 g/mol. The number of nitrogens with one attached hydrogen (secondary N) is 2. The molecule has 7 nitrogen and oxygen atoms in total. The second-order valence-electron chi connectivity index (χ2n) is 5.87. The van der Waals surface area contributed by atoms with E-state index < -0.39 is 0 Å². The Morgan fingerprint density at radius 3 is 2.59 bits per heavy atom. The fourth-order valence-corrected chi connectivity index (χ4v) is 3.62. The van der Waals surface area contributed by atoms with Crippen LogP contribution in [0, 0.1) is 6.92 Å². The average molecular weight is 384 g/mol. The summed E-state index contributed by atoms with van der Waals surface area (Å²) >= 11 is 1.20. The fraction of sp³-hybridized carbons (Fsp3) is 0.158. The Morgan fingerprint density at radius 1 is 1.00 bits per heavy atom. The van der Waals surface area contributed by atoms with Gasteiger partial charge in [-0.25, -0.2) is 0 Å². The second kappa shape index (κ2) is 7.16. The molecule has 2 aromatic heterocycles. The second-order valence-corrected chi connectivity index (χ2v) is 6.92. The number of aryl methyl sites for hydroxylation is 1. The number of furan rings is 1. The summed E-state index contributed by atoms with van der Waals surface area (Å²) in [7, 11) is 0. The molecule has 0 saturated carbocycles. The zero-order valence-corrected chi connectivity index (χ0v) is 15.2. The minimum absolute atomic E-state index is 0.211. The molecule has 8 heteroatoms. The summed E-state index contributed by atoms with van der Waals surface area (Å²) in [5, 5.41) is 6.15. The summed E-state index contributed by atoms with van der Waals surface area (Å²) in [6.07, 6.45) is 1.43. The van der Waals surface area contributed by atoms with E-state index in [0.717, 1.165) is 5.56 Å². The van der Waals surface area contributed by atoms with Gasteiger partial charge in [-0.1, -0.05) is 0 Å². The molecule has 0 radical (unpaired) electrons. The zero-order chi connectivity index (χ0) is 18.8. The highest BCUT2D eigenvalue weighted by Crippen LogP contribution is 2.33. The number of carbonyl (C=O) groups is 2. The Balaban J connectivity index is 1.47. The van der Waals surface area contributed by atoms with E-state index in [2.05, 4.69) is 10.6 Å². The quantitative estimate of drug-likeness (QED) is 0.711. The molecule has 0 unspecified atom stereocenters. The first-order valence-corrected chi connectivity index (χ1v) is 9.08. The number of carbonyl (C=O) groups excluding carboxylic acids is 2. The maximum absolute atomic E-state index is 12.6. The summed E-state index contributed by atoms with van der Waals surface area (Å²) < 4.78 is 16.1. The van der Waals surface area contributed by atoms with Gasteiger partial charge in [0, 0.05) is 11.8 Å². The van der Waals surface area contributed by atoms with E-state index in [1.54, 1.807) is 36.4 Å². The standard InChI is InChI=1S/C19H16N2O5S/c1-11-9-16(21-18(22)14-3-2-6-24-14)27-17(11)19(23)20-12-4-5-13-15(10-12)26-8-7-25-13/h2-6,9-10H,7-8H2,1H3,(H,20,23)(H,21,22). The third-order valence-electron chi connectivity index (χ3n) is 3.91. The summed E-state index contributed by atoms with van der Waals surface area (Å²) in [6.45, 7) is 2.81. The predicted molar refractivity (Wildman–Crippen MR) is 101 cm³/mol. The molecular weight excluding hydrogens is 368 g/mol. The van der Waals surface area contributed by atoms with Crippen molar-refractivity contribution >= 4 is 33.8 Å². The number of fused-ring (bicyclic) bond motifs is 1. The van der Waals surface area contributed by atoms with Crippen LogP contribution in [0.5, 0.6) is 11.5 Å². The van der Waals surface area contributed by atoms with Crippen LogP contribution in [0.3, 0.4) is 0 Å². The lowest BCUT2D eigenvalue weighted by atomic mass is 10.2. The van der Waals surface area contributed by atoms with Crippen molar-refractivity contribution in [1.82, 2.24) is 0 Å². The lowest BCUT2D eigenvalue weighted by Gasteiger charge is -2.18. The van der Waals surface area contributed by atoms with Crippen molar-refractivity contribution in [3.05, 3.63) is 58.9 Å². The average Bonchev–Trinajstić information content (AvgIpc) is 3.31. The van der Waals surface area contributed by atoms with E-state index in [9.17, 15) is 9.59 Å². The minimum Gasteiger partial charge on any atom is -0.486 e. The molecule has 2 amide bonds. The Labute approximate surface area is 158 Å². The molecule has 2 N–H and O–H groups in total. The molecule has 0 atom stereocenters. The molecule has 27 heavy (non-hydrogen) atoms. The van der Waals surface area contributed by atoms with Gasteiger partial charge in [-0.2, -0.15) is 0 Å². The van der Waals surface area contributed by atoms with Crippen LogP contribution in [-0.4, -0.2) is 25.0 Å². The van der Waals surface area contributed by atoms with Crippen LogP contribution in [0.2, 0.25) is 0 Å². The number of amides is 2. The van der Waals surface area contributed by atoms with Gasteiger partial charge < -0.3 is 24.5 Å². The fourth-order valence-electron chi connectivity index (χ4n) is 2.66. The molecular formula is C19H16N2O5S. The molecule has 138 valence electrons. The van der Waals surface area contributed by atoms with Gasteiger partial charge in [-0.05, 0) is 42.8 Å². The molecule has 0 aliphatic carbocycles. The molecule has 0 bridgehead atoms. The third kappa shape index (κ3) is 3.65. The lowest BCUT2D eigenvalue weighted by Crippen LogP contribution is -2.16. The summed E-state index contributed by atoms with van der Waals surface area (Å²) in [4.78, 5) is 25.2. The van der Waals surface area contributed by atoms with Gasteiger partial charge in [0.1, 0.15) is 13.2 Å². The predicted octanol–water partition coefficient (Wildman–Crippen LogP) is 3.93. The molecule has 3 aromatic rings. The van der Waals surface area contributed by atoms with E-state index in [4.69, 9.17) is 13.9 Å². The highest BCUT2D eigenvalue weighted by molar-refractivity contribution is 7.18. The Morgan fingerprint density at radius 2 is 1.81 bits per heavy atom. The summed E-state index contributed by atoms with van der Waals surface area (Å²) in [5.41, 5.74) is 1.38. The summed E-state index contributed by atoms with van der Waals surface area (Å²) in [5.74, 6) is 0.860. The van der Waals surface area contributed by atoms with Crippen molar-refractivity contribution in [2.75, 3.05) is 23.8 Å². The SMILES string of the molecule is Cc1cc(NC(=O)c2ccco2)sc1C(=O)Nc1ccc2c(c1)OCCO2.